The normalized spacial score (nSPS) is 18.7. The molecule has 3 rings (SSSR count). The van der Waals surface area contributed by atoms with Crippen LogP contribution in [0.3, 0.4) is 0 Å². The molecule has 6 nitrogen and oxygen atoms in total. The number of nitrogens with zero attached hydrogens (tertiary/aromatic N) is 2. The molecule has 0 radical (unpaired) electrons. The zero-order valence-corrected chi connectivity index (χ0v) is 14.6. The molecule has 2 heterocycles. The van der Waals surface area contributed by atoms with Crippen molar-refractivity contribution in [1.82, 2.24) is 9.78 Å². The van der Waals surface area contributed by atoms with E-state index in [0.29, 0.717) is 13.2 Å². The van der Waals surface area contributed by atoms with Gasteiger partial charge >= 0.3 is 6.18 Å². The summed E-state index contributed by atoms with van der Waals surface area (Å²) in [6.07, 6.45) is 1.45. The number of alkyl halides is 3. The van der Waals surface area contributed by atoms with Gasteiger partial charge in [0.15, 0.2) is 0 Å². The molecule has 0 amide bonds. The van der Waals surface area contributed by atoms with Gasteiger partial charge in [0.05, 0.1) is 35.0 Å². The summed E-state index contributed by atoms with van der Waals surface area (Å²) in [5, 5.41) is 4.10. The fourth-order valence-corrected chi connectivity index (χ4v) is 3.74. The Labute approximate surface area is 149 Å². The highest BCUT2D eigenvalue weighted by Crippen LogP contribution is 2.30. The highest BCUT2D eigenvalue weighted by molar-refractivity contribution is 7.92. The van der Waals surface area contributed by atoms with Gasteiger partial charge in [-0.3, -0.25) is 9.40 Å². The number of aromatic nitrogens is 2. The third-order valence-corrected chi connectivity index (χ3v) is 5.44. The molecule has 0 spiro atoms. The Bertz CT molecular complexity index is 842. The van der Waals surface area contributed by atoms with Crippen molar-refractivity contribution in [2.75, 3.05) is 11.3 Å². The number of ether oxygens (including phenoxy) is 1. The summed E-state index contributed by atoms with van der Waals surface area (Å²) >= 11 is 0. The molecule has 0 aliphatic carbocycles. The van der Waals surface area contributed by atoms with E-state index in [-0.39, 0.29) is 16.7 Å². The molecule has 142 valence electrons. The maximum atomic E-state index is 12.6. The second-order valence-electron chi connectivity index (χ2n) is 6.07. The van der Waals surface area contributed by atoms with Gasteiger partial charge in [-0.1, -0.05) is 0 Å². The highest BCUT2D eigenvalue weighted by Gasteiger charge is 2.30. The minimum Gasteiger partial charge on any atom is -0.376 e. The zero-order valence-electron chi connectivity index (χ0n) is 13.7. The van der Waals surface area contributed by atoms with E-state index in [0.717, 1.165) is 43.5 Å². The molecule has 1 aliphatic rings. The van der Waals surface area contributed by atoms with Gasteiger partial charge in [0.1, 0.15) is 0 Å². The van der Waals surface area contributed by atoms with Crippen LogP contribution in [0.4, 0.5) is 18.9 Å². The molecule has 1 aromatic heterocycles. The van der Waals surface area contributed by atoms with Crippen molar-refractivity contribution in [3.8, 4) is 0 Å². The Morgan fingerprint density at radius 3 is 2.58 bits per heavy atom. The third kappa shape index (κ3) is 4.55. The van der Waals surface area contributed by atoms with Crippen molar-refractivity contribution in [1.29, 1.82) is 0 Å². The van der Waals surface area contributed by atoms with Gasteiger partial charge in [-0.15, -0.1) is 0 Å². The molecular formula is C16H18F3N3O3S. The molecule has 2 aromatic rings. The Kier molecular flexibility index (Phi) is 5.24. The number of halogens is 3. The first-order chi connectivity index (χ1) is 12.2. The molecule has 10 heteroatoms. The van der Waals surface area contributed by atoms with E-state index in [4.69, 9.17) is 4.74 Å². The molecule has 1 aromatic carbocycles. The van der Waals surface area contributed by atoms with Crippen molar-refractivity contribution in [2.45, 2.75) is 43.0 Å². The molecule has 26 heavy (non-hydrogen) atoms. The van der Waals surface area contributed by atoms with Gasteiger partial charge in [-0.2, -0.15) is 18.3 Å². The smallest absolute Gasteiger partial charge is 0.376 e. The largest absolute Gasteiger partial charge is 0.416 e. The van der Waals surface area contributed by atoms with Crippen molar-refractivity contribution in [3.63, 3.8) is 0 Å². The van der Waals surface area contributed by atoms with E-state index in [1.165, 1.54) is 12.4 Å². The van der Waals surface area contributed by atoms with Crippen LogP contribution in [0.1, 0.15) is 24.8 Å². The van der Waals surface area contributed by atoms with Gasteiger partial charge in [0, 0.05) is 12.8 Å². The number of benzene rings is 1. The molecule has 1 unspecified atom stereocenters. The monoisotopic (exact) mass is 389 g/mol. The van der Waals surface area contributed by atoms with Crippen LogP contribution >= 0.6 is 0 Å². The second kappa shape index (κ2) is 7.28. The molecule has 0 saturated carbocycles. The summed E-state index contributed by atoms with van der Waals surface area (Å²) in [4.78, 5) is -0.256. The van der Waals surface area contributed by atoms with Crippen LogP contribution in [0, 0.1) is 0 Å². The van der Waals surface area contributed by atoms with Crippen LogP contribution in [0.2, 0.25) is 0 Å². The maximum absolute atomic E-state index is 12.6. The van der Waals surface area contributed by atoms with Crippen molar-refractivity contribution < 1.29 is 26.3 Å². The molecule has 1 fully saturated rings. The van der Waals surface area contributed by atoms with Crippen LogP contribution in [0.25, 0.3) is 0 Å². The Morgan fingerprint density at radius 1 is 1.23 bits per heavy atom. The maximum Gasteiger partial charge on any atom is 0.416 e. The number of rotatable bonds is 5. The fraction of sp³-hybridized carbons (Fsp3) is 0.438. The lowest BCUT2D eigenvalue weighted by Crippen LogP contribution is -2.24. The van der Waals surface area contributed by atoms with Gasteiger partial charge in [0.25, 0.3) is 10.0 Å². The van der Waals surface area contributed by atoms with Gasteiger partial charge in [0.2, 0.25) is 0 Å². The van der Waals surface area contributed by atoms with Gasteiger partial charge in [-0.25, -0.2) is 8.42 Å². The first kappa shape index (κ1) is 18.7. The average Bonchev–Trinajstić information content (AvgIpc) is 3.01. The minimum absolute atomic E-state index is 0.0445. The number of anilines is 1. The topological polar surface area (TPSA) is 73.2 Å². The van der Waals surface area contributed by atoms with E-state index in [2.05, 4.69) is 9.82 Å². The first-order valence-corrected chi connectivity index (χ1v) is 9.56. The lowest BCUT2D eigenvalue weighted by atomic mass is 10.1. The zero-order chi connectivity index (χ0) is 18.8. The predicted octanol–water partition coefficient (Wildman–Crippen LogP) is 3.27. The summed E-state index contributed by atoms with van der Waals surface area (Å²) < 4.78 is 71.8. The highest BCUT2D eigenvalue weighted by atomic mass is 32.2. The molecule has 1 N–H and O–H groups in total. The van der Waals surface area contributed by atoms with E-state index >= 15 is 0 Å². The molecule has 1 aliphatic heterocycles. The van der Waals surface area contributed by atoms with Crippen LogP contribution < -0.4 is 4.72 Å². The van der Waals surface area contributed by atoms with Crippen molar-refractivity contribution in [2.24, 2.45) is 0 Å². The lowest BCUT2D eigenvalue weighted by molar-refractivity contribution is -0.137. The van der Waals surface area contributed by atoms with E-state index < -0.39 is 21.8 Å². The minimum atomic E-state index is -4.52. The van der Waals surface area contributed by atoms with Crippen LogP contribution in [-0.2, 0) is 27.5 Å². The number of sulfonamides is 1. The van der Waals surface area contributed by atoms with Gasteiger partial charge in [-0.05, 0) is 43.5 Å². The lowest BCUT2D eigenvalue weighted by Gasteiger charge is -2.22. The second-order valence-corrected chi connectivity index (χ2v) is 7.75. The average molecular weight is 389 g/mol. The number of nitrogens with one attached hydrogen (secondary N) is 1. The Balaban J connectivity index is 1.67. The SMILES string of the molecule is O=S(=O)(Nc1cnn(CC2CCCCO2)c1)c1ccc(C(F)(F)F)cc1. The summed E-state index contributed by atoms with van der Waals surface area (Å²) in [5.41, 5.74) is -0.669. The standard InChI is InChI=1S/C16H18F3N3O3S/c17-16(18,19)12-4-6-15(7-5-12)26(23,24)21-13-9-20-22(10-13)11-14-3-1-2-8-25-14/h4-7,9-10,14,21H,1-3,8,11H2. The molecule has 1 saturated heterocycles. The Morgan fingerprint density at radius 2 is 1.96 bits per heavy atom. The molecule has 1 atom stereocenters. The fourth-order valence-electron chi connectivity index (χ4n) is 2.71. The van der Waals surface area contributed by atoms with E-state index in [1.54, 1.807) is 4.68 Å². The quantitative estimate of drug-likeness (QED) is 0.852. The van der Waals surface area contributed by atoms with Crippen LogP contribution in [-0.4, -0.2) is 30.9 Å². The third-order valence-electron chi connectivity index (χ3n) is 4.04. The van der Waals surface area contributed by atoms with Crippen molar-refractivity contribution in [3.05, 3.63) is 42.2 Å². The Hall–Kier alpha value is -2.07. The molecule has 0 bridgehead atoms. The van der Waals surface area contributed by atoms with E-state index in [9.17, 15) is 21.6 Å². The van der Waals surface area contributed by atoms with Crippen LogP contribution in [0.5, 0.6) is 0 Å². The summed E-state index contributed by atoms with van der Waals surface area (Å²) in [5.74, 6) is 0. The summed E-state index contributed by atoms with van der Waals surface area (Å²) in [6.45, 7) is 1.22. The van der Waals surface area contributed by atoms with Crippen molar-refractivity contribution >= 4 is 15.7 Å². The first-order valence-electron chi connectivity index (χ1n) is 8.08. The van der Waals surface area contributed by atoms with Crippen LogP contribution in [0.15, 0.2) is 41.6 Å². The predicted molar refractivity (Wildman–Crippen MR) is 88.1 cm³/mol. The summed E-state index contributed by atoms with van der Waals surface area (Å²) in [6, 6.07) is 3.31. The van der Waals surface area contributed by atoms with E-state index in [1.807, 2.05) is 0 Å². The summed E-state index contributed by atoms with van der Waals surface area (Å²) in [7, 11) is -4.00. The van der Waals surface area contributed by atoms with Gasteiger partial charge < -0.3 is 4.74 Å². The number of hydrogen-bond donors (Lipinski definition) is 1. The molecular weight excluding hydrogens is 371 g/mol. The number of hydrogen-bond acceptors (Lipinski definition) is 4.